The van der Waals surface area contributed by atoms with E-state index in [2.05, 4.69) is 0 Å². The van der Waals surface area contributed by atoms with E-state index < -0.39 is 9.84 Å². The molecule has 0 aliphatic rings. The third kappa shape index (κ3) is 3.65. The lowest BCUT2D eigenvalue weighted by Gasteiger charge is -2.07. The smallest absolute Gasteiger partial charge is 0.155 e. The van der Waals surface area contributed by atoms with Crippen LogP contribution >= 0.6 is 23.2 Å². The van der Waals surface area contributed by atoms with Gasteiger partial charge >= 0.3 is 0 Å². The molecule has 1 rings (SSSR count). The second kappa shape index (κ2) is 5.16. The van der Waals surface area contributed by atoms with Gasteiger partial charge in [-0.2, -0.15) is 0 Å². The first-order valence-corrected chi connectivity index (χ1v) is 6.87. The summed E-state index contributed by atoms with van der Waals surface area (Å²) in [6.07, 6.45) is 0. The first-order valence-electron chi connectivity index (χ1n) is 4.29. The second-order valence-electron chi connectivity index (χ2n) is 3.08. The second-order valence-corrected chi connectivity index (χ2v) is 6.08. The molecule has 0 radical (unpaired) electrons. The predicted molar refractivity (Wildman–Crippen MR) is 63.0 cm³/mol. The van der Waals surface area contributed by atoms with Crippen LogP contribution in [0.25, 0.3) is 0 Å². The van der Waals surface area contributed by atoms with Crippen molar-refractivity contribution in [3.63, 3.8) is 0 Å². The largest absolute Gasteiger partial charge is 0.329 e. The Morgan fingerprint density at radius 1 is 1.20 bits per heavy atom. The SMILES string of the molecule is NCCS(=O)(=O)Cc1c(Cl)cccc1Cl. The van der Waals surface area contributed by atoms with Crippen molar-refractivity contribution in [3.05, 3.63) is 33.8 Å². The van der Waals surface area contributed by atoms with E-state index in [4.69, 9.17) is 28.9 Å². The van der Waals surface area contributed by atoms with Crippen LogP contribution < -0.4 is 5.73 Å². The third-order valence-electron chi connectivity index (χ3n) is 1.85. The first kappa shape index (κ1) is 12.8. The zero-order valence-electron chi connectivity index (χ0n) is 7.91. The average Bonchev–Trinajstić information content (AvgIpc) is 2.11. The topological polar surface area (TPSA) is 60.2 Å². The highest BCUT2D eigenvalue weighted by Gasteiger charge is 2.15. The molecular formula is C9H11Cl2NO2S. The summed E-state index contributed by atoms with van der Waals surface area (Å²) in [6.45, 7) is 0.102. The maximum Gasteiger partial charge on any atom is 0.155 e. The molecule has 3 nitrogen and oxygen atoms in total. The molecule has 0 spiro atoms. The fourth-order valence-corrected chi connectivity index (χ4v) is 3.09. The molecule has 0 bridgehead atoms. The summed E-state index contributed by atoms with van der Waals surface area (Å²) < 4.78 is 23.0. The number of nitrogens with two attached hydrogens (primary N) is 1. The van der Waals surface area contributed by atoms with E-state index in [9.17, 15) is 8.42 Å². The molecule has 1 aromatic rings. The van der Waals surface area contributed by atoms with E-state index in [1.54, 1.807) is 18.2 Å². The number of benzene rings is 1. The molecule has 0 saturated carbocycles. The van der Waals surface area contributed by atoms with E-state index in [0.29, 0.717) is 15.6 Å². The van der Waals surface area contributed by atoms with E-state index in [0.717, 1.165) is 0 Å². The maximum absolute atomic E-state index is 11.5. The van der Waals surface area contributed by atoms with E-state index in [1.165, 1.54) is 0 Å². The minimum absolute atomic E-state index is 0.0610. The van der Waals surface area contributed by atoms with Crippen molar-refractivity contribution in [3.8, 4) is 0 Å². The van der Waals surface area contributed by atoms with Gasteiger partial charge in [0.1, 0.15) is 0 Å². The van der Waals surface area contributed by atoms with Crippen LogP contribution in [0.2, 0.25) is 10.0 Å². The summed E-state index contributed by atoms with van der Waals surface area (Å²) >= 11 is 11.7. The standard InChI is InChI=1S/C9H11Cl2NO2S/c10-8-2-1-3-9(11)7(8)6-15(13,14)5-4-12/h1-3H,4-6,12H2. The highest BCUT2D eigenvalue weighted by Crippen LogP contribution is 2.26. The van der Waals surface area contributed by atoms with Crippen molar-refractivity contribution < 1.29 is 8.42 Å². The summed E-state index contributed by atoms with van der Waals surface area (Å²) in [5.74, 6) is -0.225. The summed E-state index contributed by atoms with van der Waals surface area (Å²) in [7, 11) is -3.22. The fourth-order valence-electron chi connectivity index (χ4n) is 1.14. The highest BCUT2D eigenvalue weighted by atomic mass is 35.5. The number of hydrogen-bond donors (Lipinski definition) is 1. The van der Waals surface area contributed by atoms with Crippen molar-refractivity contribution in [2.45, 2.75) is 5.75 Å². The van der Waals surface area contributed by atoms with Gasteiger partial charge in [-0.15, -0.1) is 0 Å². The maximum atomic E-state index is 11.5. The van der Waals surface area contributed by atoms with Crippen molar-refractivity contribution >= 4 is 33.0 Å². The molecule has 0 saturated heterocycles. The zero-order chi connectivity index (χ0) is 11.5. The molecule has 0 heterocycles. The molecule has 0 amide bonds. The average molecular weight is 268 g/mol. The Balaban J connectivity index is 2.99. The molecule has 2 N–H and O–H groups in total. The molecule has 0 aliphatic carbocycles. The van der Waals surface area contributed by atoms with Crippen LogP contribution in [0.15, 0.2) is 18.2 Å². The summed E-state index contributed by atoms with van der Waals surface area (Å²) in [5, 5.41) is 0.728. The number of hydrogen-bond acceptors (Lipinski definition) is 3. The van der Waals surface area contributed by atoms with Gasteiger partial charge in [-0.3, -0.25) is 0 Å². The van der Waals surface area contributed by atoms with Gasteiger partial charge in [0.05, 0.1) is 11.5 Å². The molecule has 0 aromatic heterocycles. The van der Waals surface area contributed by atoms with E-state index >= 15 is 0 Å². The van der Waals surface area contributed by atoms with Crippen molar-refractivity contribution in [1.82, 2.24) is 0 Å². The molecule has 0 fully saturated rings. The molecule has 84 valence electrons. The van der Waals surface area contributed by atoms with Crippen LogP contribution in [0.1, 0.15) is 5.56 Å². The van der Waals surface area contributed by atoms with E-state index in [1.807, 2.05) is 0 Å². The van der Waals surface area contributed by atoms with E-state index in [-0.39, 0.29) is 18.1 Å². The number of sulfone groups is 1. The van der Waals surface area contributed by atoms with Crippen LogP contribution in [0.4, 0.5) is 0 Å². The Labute approximate surface area is 99.1 Å². The van der Waals surface area contributed by atoms with Crippen LogP contribution in [0.5, 0.6) is 0 Å². The van der Waals surface area contributed by atoms with Gasteiger partial charge in [-0.25, -0.2) is 8.42 Å². The minimum Gasteiger partial charge on any atom is -0.329 e. The van der Waals surface area contributed by atoms with Crippen LogP contribution in [-0.4, -0.2) is 20.7 Å². The molecule has 15 heavy (non-hydrogen) atoms. The van der Waals surface area contributed by atoms with Crippen LogP contribution in [0, 0.1) is 0 Å². The van der Waals surface area contributed by atoms with Gasteiger partial charge in [0.25, 0.3) is 0 Å². The molecule has 1 aromatic carbocycles. The molecule has 6 heteroatoms. The Kier molecular flexibility index (Phi) is 4.40. The van der Waals surface area contributed by atoms with Gasteiger partial charge in [-0.1, -0.05) is 29.3 Å². The molecule has 0 unspecified atom stereocenters. The Hall–Kier alpha value is -0.290. The fraction of sp³-hybridized carbons (Fsp3) is 0.333. The zero-order valence-corrected chi connectivity index (χ0v) is 10.2. The summed E-state index contributed by atoms with van der Waals surface area (Å²) in [6, 6.07) is 4.89. The highest BCUT2D eigenvalue weighted by molar-refractivity contribution is 7.90. The molecule has 0 aliphatic heterocycles. The third-order valence-corrected chi connectivity index (χ3v) is 4.15. The predicted octanol–water partition coefficient (Wildman–Crippen LogP) is 1.87. The lowest BCUT2D eigenvalue weighted by Crippen LogP contribution is -2.17. The van der Waals surface area contributed by atoms with Crippen molar-refractivity contribution in [2.24, 2.45) is 5.73 Å². The number of halogens is 2. The quantitative estimate of drug-likeness (QED) is 0.906. The lowest BCUT2D eigenvalue weighted by atomic mass is 10.2. The Bertz CT molecular complexity index is 425. The first-order chi connectivity index (χ1) is 6.96. The van der Waals surface area contributed by atoms with Gasteiger partial charge in [-0.05, 0) is 12.1 Å². The Morgan fingerprint density at radius 3 is 2.20 bits per heavy atom. The van der Waals surface area contributed by atoms with Gasteiger partial charge in [0.2, 0.25) is 0 Å². The number of rotatable bonds is 4. The van der Waals surface area contributed by atoms with Crippen LogP contribution in [-0.2, 0) is 15.6 Å². The van der Waals surface area contributed by atoms with Gasteiger partial charge in [0.15, 0.2) is 9.84 Å². The van der Waals surface area contributed by atoms with Crippen LogP contribution in [0.3, 0.4) is 0 Å². The van der Waals surface area contributed by atoms with Crippen molar-refractivity contribution in [1.29, 1.82) is 0 Å². The van der Waals surface area contributed by atoms with Gasteiger partial charge in [0, 0.05) is 22.2 Å². The van der Waals surface area contributed by atoms with Crippen molar-refractivity contribution in [2.75, 3.05) is 12.3 Å². The normalized spacial score (nSPS) is 11.7. The van der Waals surface area contributed by atoms with Gasteiger partial charge < -0.3 is 5.73 Å². The monoisotopic (exact) mass is 267 g/mol. The lowest BCUT2D eigenvalue weighted by molar-refractivity contribution is 0.595. The molecular weight excluding hydrogens is 257 g/mol. The molecule has 0 atom stereocenters. The summed E-state index contributed by atoms with van der Waals surface area (Å²) in [4.78, 5) is 0. The Morgan fingerprint density at radius 2 is 1.73 bits per heavy atom. The summed E-state index contributed by atoms with van der Waals surface area (Å²) in [5.41, 5.74) is 5.64. The minimum atomic E-state index is -3.22.